The van der Waals surface area contributed by atoms with Crippen molar-refractivity contribution in [3.05, 3.63) is 17.0 Å². The van der Waals surface area contributed by atoms with E-state index in [-0.39, 0.29) is 6.42 Å². The molecule has 0 amide bonds. The summed E-state index contributed by atoms with van der Waals surface area (Å²) >= 11 is 1.49. The van der Waals surface area contributed by atoms with Gasteiger partial charge in [-0.2, -0.15) is 0 Å². The molecule has 0 N–H and O–H groups in total. The lowest BCUT2D eigenvalue weighted by molar-refractivity contribution is -0.160. The number of nitrogens with zero attached hydrogens (tertiary/aromatic N) is 2. The van der Waals surface area contributed by atoms with Crippen LogP contribution in [0.15, 0.2) is 5.16 Å². The predicted molar refractivity (Wildman–Crippen MR) is 77.1 cm³/mol. The van der Waals surface area contributed by atoms with Crippen molar-refractivity contribution in [1.82, 2.24) is 9.97 Å². The quantitative estimate of drug-likeness (QED) is 0.464. The van der Waals surface area contributed by atoms with E-state index in [1.54, 1.807) is 0 Å². The number of esters is 2. The Bertz CT molecular complexity index is 539. The molecule has 114 valence electrons. The predicted octanol–water partition coefficient (Wildman–Crippen LogP) is 1.61. The zero-order valence-electron chi connectivity index (χ0n) is 12.3. The van der Waals surface area contributed by atoms with Gasteiger partial charge in [0.05, 0.1) is 6.61 Å². The number of rotatable bonds is 5. The lowest BCUT2D eigenvalue weighted by Crippen LogP contribution is -2.23. The van der Waals surface area contributed by atoms with Crippen molar-refractivity contribution in [1.29, 1.82) is 0 Å². The molecule has 1 aliphatic rings. The smallest absolute Gasteiger partial charge is 0.347 e. The highest BCUT2D eigenvalue weighted by Gasteiger charge is 2.30. The van der Waals surface area contributed by atoms with Gasteiger partial charge in [-0.1, -0.05) is 11.8 Å². The van der Waals surface area contributed by atoms with Gasteiger partial charge in [0.1, 0.15) is 0 Å². The van der Waals surface area contributed by atoms with Gasteiger partial charge in [-0.15, -0.1) is 0 Å². The minimum absolute atomic E-state index is 0.202. The van der Waals surface area contributed by atoms with Gasteiger partial charge in [-0.05, 0) is 32.1 Å². The van der Waals surface area contributed by atoms with Gasteiger partial charge in [-0.3, -0.25) is 4.79 Å². The summed E-state index contributed by atoms with van der Waals surface area (Å²) in [6.45, 7) is 4.13. The molecule has 0 aromatic carbocycles. The van der Waals surface area contributed by atoms with Crippen LogP contribution < -0.4 is 0 Å². The average molecular weight is 310 g/mol. The third-order valence-corrected chi connectivity index (χ3v) is 3.87. The van der Waals surface area contributed by atoms with E-state index in [0.29, 0.717) is 19.4 Å². The van der Waals surface area contributed by atoms with Gasteiger partial charge in [0.15, 0.2) is 5.16 Å². The second-order valence-electron chi connectivity index (χ2n) is 4.79. The largest absolute Gasteiger partial charge is 0.463 e. The molecule has 6 nitrogen and oxygen atoms in total. The monoisotopic (exact) mass is 310 g/mol. The van der Waals surface area contributed by atoms with Gasteiger partial charge < -0.3 is 9.47 Å². The molecule has 0 spiro atoms. The van der Waals surface area contributed by atoms with Crippen LogP contribution in [0.1, 0.15) is 29.8 Å². The molecule has 1 fully saturated rings. The van der Waals surface area contributed by atoms with Crippen molar-refractivity contribution in [3.63, 3.8) is 0 Å². The van der Waals surface area contributed by atoms with E-state index in [0.717, 1.165) is 22.1 Å². The van der Waals surface area contributed by atoms with Crippen molar-refractivity contribution >= 4 is 23.7 Å². The molecule has 0 bridgehead atoms. The van der Waals surface area contributed by atoms with E-state index >= 15 is 0 Å². The molecule has 1 aliphatic heterocycles. The van der Waals surface area contributed by atoms with Crippen LogP contribution in [0.5, 0.6) is 0 Å². The van der Waals surface area contributed by atoms with Crippen molar-refractivity contribution in [3.8, 4) is 0 Å². The van der Waals surface area contributed by atoms with Gasteiger partial charge in [0, 0.05) is 24.2 Å². The fourth-order valence-electron chi connectivity index (χ4n) is 2.19. The maximum absolute atomic E-state index is 11.8. The maximum atomic E-state index is 11.8. The minimum Gasteiger partial charge on any atom is -0.463 e. The molecule has 1 aromatic rings. The Balaban J connectivity index is 1.93. The molecule has 1 saturated heterocycles. The lowest BCUT2D eigenvalue weighted by Gasteiger charge is -2.11. The Morgan fingerprint density at radius 1 is 1.38 bits per heavy atom. The molecule has 2 heterocycles. The molecule has 0 saturated carbocycles. The molecule has 0 unspecified atom stereocenters. The van der Waals surface area contributed by atoms with Crippen LogP contribution in [0.2, 0.25) is 0 Å². The van der Waals surface area contributed by atoms with E-state index in [4.69, 9.17) is 9.47 Å². The number of aromatic nitrogens is 2. The number of aryl methyl sites for hydroxylation is 2. The molecule has 0 aliphatic carbocycles. The fraction of sp³-hybridized carbons (Fsp3) is 0.571. The second-order valence-corrected chi connectivity index (χ2v) is 5.57. The summed E-state index contributed by atoms with van der Waals surface area (Å²) in [4.78, 5) is 31.8. The molecule has 7 heteroatoms. The fourth-order valence-corrected chi connectivity index (χ4v) is 2.65. The first kappa shape index (κ1) is 15.8. The van der Waals surface area contributed by atoms with Crippen LogP contribution in [0.4, 0.5) is 0 Å². The first-order valence-electron chi connectivity index (χ1n) is 6.75. The number of hydrogen-bond acceptors (Lipinski definition) is 7. The lowest BCUT2D eigenvalue weighted by atomic mass is 10.1. The minimum atomic E-state index is -0.741. The van der Waals surface area contributed by atoms with Crippen LogP contribution in [0.25, 0.3) is 0 Å². The van der Waals surface area contributed by atoms with Gasteiger partial charge in [0.2, 0.25) is 6.10 Å². The van der Waals surface area contributed by atoms with Crippen LogP contribution in [0, 0.1) is 13.8 Å². The zero-order valence-corrected chi connectivity index (χ0v) is 13.2. The van der Waals surface area contributed by atoms with E-state index in [9.17, 15) is 9.59 Å². The molecule has 1 aromatic heterocycles. The van der Waals surface area contributed by atoms with Crippen LogP contribution in [-0.4, -0.2) is 40.9 Å². The molecule has 1 atom stereocenters. The SMILES string of the molecule is CSc1nc(C)c(CCC(=O)O[C@@H]2CCOC2=O)c(C)n1. The average Bonchev–Trinajstić information content (AvgIpc) is 2.83. The first-order valence-corrected chi connectivity index (χ1v) is 7.98. The summed E-state index contributed by atoms with van der Waals surface area (Å²) in [6, 6.07) is 0. The highest BCUT2D eigenvalue weighted by atomic mass is 32.2. The number of cyclic esters (lactones) is 1. The summed E-state index contributed by atoms with van der Waals surface area (Å²) in [6.07, 6.45) is 2.33. The third kappa shape index (κ3) is 3.93. The summed E-state index contributed by atoms with van der Waals surface area (Å²) < 4.78 is 9.87. The van der Waals surface area contributed by atoms with Gasteiger partial charge in [0.25, 0.3) is 0 Å². The van der Waals surface area contributed by atoms with Crippen molar-refractivity contribution < 1.29 is 19.1 Å². The van der Waals surface area contributed by atoms with Crippen molar-refractivity contribution in [2.45, 2.75) is 44.4 Å². The normalized spacial score (nSPS) is 17.7. The summed E-state index contributed by atoms with van der Waals surface area (Å²) in [5, 5.41) is 0.727. The van der Waals surface area contributed by atoms with E-state index < -0.39 is 18.0 Å². The Morgan fingerprint density at radius 2 is 2.05 bits per heavy atom. The number of carbonyl (C=O) groups is 2. The van der Waals surface area contributed by atoms with E-state index in [1.165, 1.54) is 11.8 Å². The number of carbonyl (C=O) groups excluding carboxylic acids is 2. The Morgan fingerprint density at radius 3 is 2.57 bits per heavy atom. The zero-order chi connectivity index (χ0) is 15.4. The Hall–Kier alpha value is -1.63. The molecule has 0 radical (unpaired) electrons. The molecular weight excluding hydrogens is 292 g/mol. The summed E-state index contributed by atoms with van der Waals surface area (Å²) in [5.41, 5.74) is 2.71. The van der Waals surface area contributed by atoms with Crippen LogP contribution in [0.3, 0.4) is 0 Å². The van der Waals surface area contributed by atoms with Crippen molar-refractivity contribution in [2.24, 2.45) is 0 Å². The number of ether oxygens (including phenoxy) is 2. The summed E-state index contributed by atoms with van der Waals surface area (Å²) in [7, 11) is 0. The van der Waals surface area contributed by atoms with Gasteiger partial charge >= 0.3 is 11.9 Å². The third-order valence-electron chi connectivity index (χ3n) is 3.32. The van der Waals surface area contributed by atoms with Gasteiger partial charge in [-0.25, -0.2) is 14.8 Å². The second kappa shape index (κ2) is 6.89. The highest BCUT2D eigenvalue weighted by Crippen LogP contribution is 2.18. The molecular formula is C14H18N2O4S. The first-order chi connectivity index (χ1) is 10.0. The number of thioether (sulfide) groups is 1. The Labute approximate surface area is 127 Å². The van der Waals surface area contributed by atoms with Crippen LogP contribution >= 0.6 is 11.8 Å². The highest BCUT2D eigenvalue weighted by molar-refractivity contribution is 7.98. The van der Waals surface area contributed by atoms with E-state index in [2.05, 4.69) is 9.97 Å². The van der Waals surface area contributed by atoms with Crippen molar-refractivity contribution in [2.75, 3.05) is 12.9 Å². The summed E-state index contributed by atoms with van der Waals surface area (Å²) in [5.74, 6) is -0.852. The topological polar surface area (TPSA) is 78.4 Å². The standard InChI is InChI=1S/C14H18N2O4S/c1-8-10(9(2)16-14(15-8)21-3)4-5-12(17)20-11-6-7-19-13(11)18/h11H,4-7H2,1-3H3/t11-/m1/s1. The van der Waals surface area contributed by atoms with Crippen LogP contribution in [-0.2, 0) is 25.5 Å². The maximum Gasteiger partial charge on any atom is 0.347 e. The molecule has 21 heavy (non-hydrogen) atoms. The molecule has 2 rings (SSSR count). The Kier molecular flexibility index (Phi) is 5.17. The number of hydrogen-bond donors (Lipinski definition) is 0. The van der Waals surface area contributed by atoms with E-state index in [1.807, 2.05) is 20.1 Å².